The second-order valence-corrected chi connectivity index (χ2v) is 3.99. The van der Waals surface area contributed by atoms with Gasteiger partial charge in [0, 0.05) is 12.1 Å². The highest BCUT2D eigenvalue weighted by molar-refractivity contribution is 5.94. The summed E-state index contributed by atoms with van der Waals surface area (Å²) < 4.78 is 43.9. The second kappa shape index (κ2) is 5.28. The smallest absolute Gasteiger partial charge is 0.254 e. The van der Waals surface area contributed by atoms with Gasteiger partial charge in [0.1, 0.15) is 0 Å². The van der Waals surface area contributed by atoms with Crippen molar-refractivity contribution in [3.05, 3.63) is 35.1 Å². The van der Waals surface area contributed by atoms with Crippen LogP contribution in [0.2, 0.25) is 0 Å². The number of halogens is 3. The predicted molar refractivity (Wildman–Crippen MR) is 57.6 cm³/mol. The normalized spacial score (nSPS) is 19.1. The fourth-order valence-electron chi connectivity index (χ4n) is 1.77. The van der Waals surface area contributed by atoms with Gasteiger partial charge in [0.15, 0.2) is 23.6 Å². The number of nitriles is 1. The summed E-state index contributed by atoms with van der Waals surface area (Å²) in [4.78, 5) is 13.2. The van der Waals surface area contributed by atoms with E-state index in [0.29, 0.717) is 12.1 Å². The highest BCUT2D eigenvalue weighted by Gasteiger charge is 2.26. The standard InChI is InChI=1S/C12H9F3N2O2/c13-9-3-7(4-10(14)11(9)15)12(18)17-1-2-19-8(5-16)6-17/h3-4,8H,1-2,6H2. The third kappa shape index (κ3) is 2.69. The lowest BCUT2D eigenvalue weighted by Gasteiger charge is -2.29. The lowest BCUT2D eigenvalue weighted by Crippen LogP contribution is -2.45. The van der Waals surface area contributed by atoms with Crippen molar-refractivity contribution in [2.75, 3.05) is 19.7 Å². The molecule has 0 spiro atoms. The first-order valence-electron chi connectivity index (χ1n) is 5.48. The number of hydrogen-bond donors (Lipinski definition) is 0. The number of carbonyl (C=O) groups is 1. The molecule has 0 aromatic heterocycles. The summed E-state index contributed by atoms with van der Waals surface area (Å²) in [5.74, 6) is -5.13. The van der Waals surface area contributed by atoms with Gasteiger partial charge < -0.3 is 9.64 Å². The Labute approximate surface area is 107 Å². The van der Waals surface area contributed by atoms with Crippen LogP contribution in [0.1, 0.15) is 10.4 Å². The number of amides is 1. The summed E-state index contributed by atoms with van der Waals surface area (Å²) in [7, 11) is 0. The summed E-state index contributed by atoms with van der Waals surface area (Å²) >= 11 is 0. The molecular weight excluding hydrogens is 261 g/mol. The van der Waals surface area contributed by atoms with Crippen molar-refractivity contribution in [3.8, 4) is 6.07 Å². The van der Waals surface area contributed by atoms with Gasteiger partial charge in [0.25, 0.3) is 5.91 Å². The topological polar surface area (TPSA) is 53.3 Å². The second-order valence-electron chi connectivity index (χ2n) is 3.99. The molecule has 0 radical (unpaired) electrons. The van der Waals surface area contributed by atoms with Crippen LogP contribution >= 0.6 is 0 Å². The minimum absolute atomic E-state index is 0.00987. The zero-order chi connectivity index (χ0) is 14.0. The molecule has 19 heavy (non-hydrogen) atoms. The first kappa shape index (κ1) is 13.4. The molecule has 100 valence electrons. The molecule has 1 amide bonds. The van der Waals surface area contributed by atoms with Crippen molar-refractivity contribution >= 4 is 5.91 Å². The van der Waals surface area contributed by atoms with Crippen LogP contribution in [0, 0.1) is 28.8 Å². The first-order valence-corrected chi connectivity index (χ1v) is 5.48. The van der Waals surface area contributed by atoms with Crippen molar-refractivity contribution in [2.45, 2.75) is 6.10 Å². The van der Waals surface area contributed by atoms with Gasteiger partial charge in [0.05, 0.1) is 19.2 Å². The van der Waals surface area contributed by atoms with Crippen LogP contribution in [0.25, 0.3) is 0 Å². The van der Waals surface area contributed by atoms with Crippen molar-refractivity contribution in [1.29, 1.82) is 5.26 Å². The van der Waals surface area contributed by atoms with Crippen LogP contribution in [0.4, 0.5) is 13.2 Å². The molecule has 0 bridgehead atoms. The minimum Gasteiger partial charge on any atom is -0.360 e. The Kier molecular flexibility index (Phi) is 3.71. The monoisotopic (exact) mass is 270 g/mol. The molecule has 1 heterocycles. The maximum absolute atomic E-state index is 13.0. The lowest BCUT2D eigenvalue weighted by molar-refractivity contribution is 0.00342. The molecule has 0 aliphatic carbocycles. The summed E-state index contributed by atoms with van der Waals surface area (Å²) in [6.45, 7) is 0.379. The molecule has 7 heteroatoms. The number of ether oxygens (including phenoxy) is 1. The van der Waals surface area contributed by atoms with Gasteiger partial charge in [-0.25, -0.2) is 13.2 Å². The molecule has 1 saturated heterocycles. The molecule has 1 unspecified atom stereocenters. The molecule has 1 aromatic carbocycles. The Morgan fingerprint density at radius 1 is 1.37 bits per heavy atom. The van der Waals surface area contributed by atoms with Crippen molar-refractivity contribution < 1.29 is 22.7 Å². The van der Waals surface area contributed by atoms with Crippen LogP contribution in [0.3, 0.4) is 0 Å². The van der Waals surface area contributed by atoms with E-state index in [4.69, 9.17) is 10.00 Å². The Balaban J connectivity index is 2.22. The average molecular weight is 270 g/mol. The van der Waals surface area contributed by atoms with Gasteiger partial charge in [-0.3, -0.25) is 4.79 Å². The van der Waals surface area contributed by atoms with Gasteiger partial charge in [0.2, 0.25) is 0 Å². The maximum atomic E-state index is 13.0. The summed E-state index contributed by atoms with van der Waals surface area (Å²) in [6.07, 6.45) is -0.771. The van der Waals surface area contributed by atoms with Crippen molar-refractivity contribution in [3.63, 3.8) is 0 Å². The molecule has 1 aliphatic rings. The van der Waals surface area contributed by atoms with Gasteiger partial charge in [-0.2, -0.15) is 5.26 Å². The van der Waals surface area contributed by atoms with Crippen LogP contribution in [0.5, 0.6) is 0 Å². The fourth-order valence-corrected chi connectivity index (χ4v) is 1.77. The average Bonchev–Trinajstić information content (AvgIpc) is 2.43. The molecule has 1 aliphatic heterocycles. The zero-order valence-electron chi connectivity index (χ0n) is 9.70. The predicted octanol–water partition coefficient (Wildman–Crippen LogP) is 1.47. The van der Waals surface area contributed by atoms with Crippen LogP contribution < -0.4 is 0 Å². The number of benzene rings is 1. The van der Waals surface area contributed by atoms with Crippen LogP contribution in [0.15, 0.2) is 12.1 Å². The van der Waals surface area contributed by atoms with E-state index >= 15 is 0 Å². The number of rotatable bonds is 1. The molecule has 1 atom stereocenters. The third-order valence-electron chi connectivity index (χ3n) is 2.73. The van der Waals surface area contributed by atoms with Crippen LogP contribution in [-0.4, -0.2) is 36.6 Å². The van der Waals surface area contributed by atoms with Gasteiger partial charge in [-0.05, 0) is 12.1 Å². The molecule has 4 nitrogen and oxygen atoms in total. The lowest BCUT2D eigenvalue weighted by atomic mass is 10.1. The number of hydrogen-bond acceptors (Lipinski definition) is 3. The Bertz CT molecular complexity index is 533. The highest BCUT2D eigenvalue weighted by atomic mass is 19.2. The molecule has 0 saturated carbocycles. The van der Waals surface area contributed by atoms with E-state index in [1.54, 1.807) is 0 Å². The maximum Gasteiger partial charge on any atom is 0.254 e. The fraction of sp³-hybridized carbons (Fsp3) is 0.333. The van der Waals surface area contributed by atoms with E-state index in [0.717, 1.165) is 0 Å². The van der Waals surface area contributed by atoms with Gasteiger partial charge >= 0.3 is 0 Å². The third-order valence-corrected chi connectivity index (χ3v) is 2.73. The van der Waals surface area contributed by atoms with E-state index in [9.17, 15) is 18.0 Å². The Hall–Kier alpha value is -2.07. The van der Waals surface area contributed by atoms with E-state index < -0.39 is 29.5 Å². The largest absolute Gasteiger partial charge is 0.360 e. The molecule has 1 fully saturated rings. The minimum atomic E-state index is -1.62. The Morgan fingerprint density at radius 3 is 2.58 bits per heavy atom. The molecule has 1 aromatic rings. The zero-order valence-corrected chi connectivity index (χ0v) is 9.70. The molecular formula is C12H9F3N2O2. The van der Waals surface area contributed by atoms with E-state index in [1.807, 2.05) is 6.07 Å². The number of carbonyl (C=O) groups excluding carboxylic acids is 1. The van der Waals surface area contributed by atoms with E-state index in [-0.39, 0.29) is 25.3 Å². The van der Waals surface area contributed by atoms with Crippen molar-refractivity contribution in [1.82, 2.24) is 4.90 Å². The first-order chi connectivity index (χ1) is 9.02. The summed E-state index contributed by atoms with van der Waals surface area (Å²) in [6, 6.07) is 3.12. The Morgan fingerprint density at radius 2 is 2.00 bits per heavy atom. The molecule has 0 N–H and O–H groups in total. The highest BCUT2D eigenvalue weighted by Crippen LogP contribution is 2.16. The number of morpholine rings is 1. The molecule has 2 rings (SSSR count). The summed E-state index contributed by atoms with van der Waals surface area (Å²) in [5, 5.41) is 8.70. The SMILES string of the molecule is N#CC1CN(C(=O)c2cc(F)c(F)c(F)c2)CCO1. The van der Waals surface area contributed by atoms with Crippen LogP contribution in [-0.2, 0) is 4.74 Å². The number of nitrogens with zero attached hydrogens (tertiary/aromatic N) is 2. The summed E-state index contributed by atoms with van der Waals surface area (Å²) in [5.41, 5.74) is -0.296. The quantitative estimate of drug-likeness (QED) is 0.726. The van der Waals surface area contributed by atoms with Crippen molar-refractivity contribution in [2.24, 2.45) is 0 Å². The van der Waals surface area contributed by atoms with Gasteiger partial charge in [-0.15, -0.1) is 0 Å². The van der Waals surface area contributed by atoms with E-state index in [2.05, 4.69) is 0 Å². The van der Waals surface area contributed by atoms with E-state index in [1.165, 1.54) is 4.90 Å². The van der Waals surface area contributed by atoms with Gasteiger partial charge in [-0.1, -0.05) is 0 Å².